The number of aliphatic imine (C=N–C) groups is 1. The van der Waals surface area contributed by atoms with E-state index in [-0.39, 0.29) is 0 Å². The monoisotopic (exact) mass is 386 g/mol. The van der Waals surface area contributed by atoms with E-state index in [9.17, 15) is 0 Å². The van der Waals surface area contributed by atoms with E-state index in [2.05, 4.69) is 42.5 Å². The van der Waals surface area contributed by atoms with Gasteiger partial charge in [0.1, 0.15) is 10.9 Å². The molecule has 5 heteroatoms. The number of nitrogens with one attached hydrogen (secondary N) is 1. The quantitative estimate of drug-likeness (QED) is 0.522. The van der Waals surface area contributed by atoms with Crippen molar-refractivity contribution >= 4 is 33.7 Å². The van der Waals surface area contributed by atoms with Crippen molar-refractivity contribution in [3.05, 3.63) is 54.0 Å². The van der Waals surface area contributed by atoms with Crippen molar-refractivity contribution in [2.24, 2.45) is 10.9 Å². The number of hydrogen-bond acceptors (Lipinski definition) is 4. The molecule has 2 aliphatic rings. The first-order valence-electron chi connectivity index (χ1n) is 9.40. The molecule has 144 valence electrons. The molecule has 1 aromatic rings. The molecule has 0 aliphatic carbocycles. The van der Waals surface area contributed by atoms with E-state index in [0.29, 0.717) is 22.5 Å². The Balaban J connectivity index is 1.97. The van der Waals surface area contributed by atoms with Crippen molar-refractivity contribution in [3.8, 4) is 0 Å². The summed E-state index contributed by atoms with van der Waals surface area (Å²) in [6.45, 7) is 14.5. The highest BCUT2D eigenvalue weighted by Crippen LogP contribution is 2.38. The highest BCUT2D eigenvalue weighted by molar-refractivity contribution is 6.65. The minimum absolute atomic E-state index is 0.299. The summed E-state index contributed by atoms with van der Waals surface area (Å²) >= 11 is 6.07. The number of rotatable bonds is 4. The molecule has 0 bridgehead atoms. The zero-order chi connectivity index (χ0) is 19.4. The molecule has 0 spiro atoms. The van der Waals surface area contributed by atoms with Crippen LogP contribution < -0.4 is 5.32 Å². The molecule has 1 atom stereocenters. The topological polar surface area (TPSA) is 46.8 Å². The number of furan rings is 1. The number of ether oxygens (including phenoxy) is 1. The van der Waals surface area contributed by atoms with Crippen LogP contribution >= 0.6 is 11.6 Å². The van der Waals surface area contributed by atoms with Gasteiger partial charge < -0.3 is 14.5 Å². The Hall–Kier alpha value is -2.04. The molecule has 2 aliphatic heterocycles. The molecule has 0 radical (unpaired) electrons. The SMILES string of the molecule is C=C(/C1=C\CCOCCC1)c1oc(C2=CC(C)C(=C)CN2)cc1N=C(C)Cl. The summed E-state index contributed by atoms with van der Waals surface area (Å²) in [5, 5.41) is 3.83. The summed E-state index contributed by atoms with van der Waals surface area (Å²) in [4.78, 5) is 4.47. The van der Waals surface area contributed by atoms with E-state index >= 15 is 0 Å². The lowest BCUT2D eigenvalue weighted by atomic mass is 9.97. The summed E-state index contributed by atoms with van der Waals surface area (Å²) in [6.07, 6.45) is 7.08. The van der Waals surface area contributed by atoms with Crippen LogP contribution in [0.1, 0.15) is 44.6 Å². The van der Waals surface area contributed by atoms with Crippen LogP contribution in [0.4, 0.5) is 5.69 Å². The smallest absolute Gasteiger partial charge is 0.160 e. The second kappa shape index (κ2) is 8.77. The lowest BCUT2D eigenvalue weighted by Crippen LogP contribution is -2.23. The maximum Gasteiger partial charge on any atom is 0.160 e. The molecule has 1 N–H and O–H groups in total. The molecule has 1 unspecified atom stereocenters. The number of hydrogen-bond donors (Lipinski definition) is 1. The predicted octanol–water partition coefficient (Wildman–Crippen LogP) is 5.84. The maximum atomic E-state index is 6.23. The van der Waals surface area contributed by atoms with Gasteiger partial charge in [-0.15, -0.1) is 0 Å². The average Bonchev–Trinajstić information content (AvgIpc) is 2.99. The van der Waals surface area contributed by atoms with Crippen molar-refractivity contribution in [3.63, 3.8) is 0 Å². The van der Waals surface area contributed by atoms with Crippen LogP contribution in [0, 0.1) is 5.92 Å². The fourth-order valence-electron chi connectivity index (χ4n) is 3.25. The second-order valence-electron chi connectivity index (χ2n) is 7.03. The Kier molecular flexibility index (Phi) is 6.40. The van der Waals surface area contributed by atoms with E-state index in [1.54, 1.807) is 6.92 Å². The van der Waals surface area contributed by atoms with Crippen LogP contribution in [0.3, 0.4) is 0 Å². The molecule has 0 fully saturated rings. The van der Waals surface area contributed by atoms with Crippen LogP contribution in [-0.2, 0) is 4.74 Å². The van der Waals surface area contributed by atoms with Gasteiger partial charge in [-0.2, -0.15) is 0 Å². The molecule has 3 rings (SSSR count). The van der Waals surface area contributed by atoms with Crippen molar-refractivity contribution in [1.29, 1.82) is 0 Å². The van der Waals surface area contributed by atoms with Crippen molar-refractivity contribution < 1.29 is 9.15 Å². The molecule has 27 heavy (non-hydrogen) atoms. The average molecular weight is 387 g/mol. The predicted molar refractivity (Wildman–Crippen MR) is 113 cm³/mol. The maximum absolute atomic E-state index is 6.23. The number of nitrogens with zero attached hydrogens (tertiary/aromatic N) is 1. The Labute approximate surface area is 166 Å². The molecule has 3 heterocycles. The molecule has 1 aromatic heterocycles. The van der Waals surface area contributed by atoms with Gasteiger partial charge in [0.2, 0.25) is 0 Å². The molecular weight excluding hydrogens is 360 g/mol. The van der Waals surface area contributed by atoms with E-state index in [1.165, 1.54) is 5.57 Å². The Bertz CT molecular complexity index is 825. The highest BCUT2D eigenvalue weighted by Gasteiger charge is 2.21. The minimum Gasteiger partial charge on any atom is -0.452 e. The third-order valence-corrected chi connectivity index (χ3v) is 4.95. The van der Waals surface area contributed by atoms with Gasteiger partial charge in [-0.1, -0.05) is 49.4 Å². The van der Waals surface area contributed by atoms with Gasteiger partial charge in [-0.05, 0) is 37.7 Å². The lowest BCUT2D eigenvalue weighted by Gasteiger charge is -2.21. The van der Waals surface area contributed by atoms with Gasteiger partial charge in [0.05, 0.1) is 12.3 Å². The highest BCUT2D eigenvalue weighted by atomic mass is 35.5. The zero-order valence-corrected chi connectivity index (χ0v) is 16.9. The normalized spacial score (nSPS) is 23.6. The van der Waals surface area contributed by atoms with Crippen molar-refractivity contribution in [2.45, 2.75) is 33.1 Å². The van der Waals surface area contributed by atoms with Crippen molar-refractivity contribution in [1.82, 2.24) is 5.32 Å². The van der Waals surface area contributed by atoms with Gasteiger partial charge in [-0.25, -0.2) is 4.99 Å². The van der Waals surface area contributed by atoms with Crippen molar-refractivity contribution in [2.75, 3.05) is 19.8 Å². The first kappa shape index (κ1) is 19.7. The van der Waals surface area contributed by atoms with Crippen LogP contribution in [0.15, 0.2) is 51.9 Å². The van der Waals surface area contributed by atoms with E-state index in [1.807, 2.05) is 6.07 Å². The van der Waals surface area contributed by atoms with E-state index in [4.69, 9.17) is 20.8 Å². The summed E-state index contributed by atoms with van der Waals surface area (Å²) < 4.78 is 11.8. The molecule has 0 saturated heterocycles. The fraction of sp³-hybridized carbons (Fsp3) is 0.409. The first-order valence-corrected chi connectivity index (χ1v) is 9.78. The van der Waals surface area contributed by atoms with Crippen LogP contribution in [0.2, 0.25) is 0 Å². The second-order valence-corrected chi connectivity index (χ2v) is 7.57. The Morgan fingerprint density at radius 1 is 1.37 bits per heavy atom. The van der Waals surface area contributed by atoms with Gasteiger partial charge in [0.15, 0.2) is 11.5 Å². The molecule has 0 saturated carbocycles. The summed E-state index contributed by atoms with van der Waals surface area (Å²) in [6, 6.07) is 1.93. The van der Waals surface area contributed by atoms with Gasteiger partial charge >= 0.3 is 0 Å². The Morgan fingerprint density at radius 2 is 2.19 bits per heavy atom. The third-order valence-electron chi connectivity index (χ3n) is 4.87. The number of halogens is 1. The van der Waals surface area contributed by atoms with E-state index < -0.39 is 0 Å². The zero-order valence-electron chi connectivity index (χ0n) is 16.1. The van der Waals surface area contributed by atoms with Gasteiger partial charge in [0, 0.05) is 24.8 Å². The standard InChI is InChI=1S/C22H27ClN2O2/c1-14-11-19(24-13-15(14)2)21-12-20(25-17(4)23)22(27-21)16(3)18-7-5-9-26-10-6-8-18/h7,11-12,14,24H,2-3,5-6,8-10,13H2,1,4H3/b18-7-,25-17?. The van der Waals surface area contributed by atoms with E-state index in [0.717, 1.165) is 61.6 Å². The van der Waals surface area contributed by atoms with Gasteiger partial charge in [0.25, 0.3) is 0 Å². The van der Waals surface area contributed by atoms with Gasteiger partial charge in [-0.3, -0.25) is 0 Å². The largest absolute Gasteiger partial charge is 0.452 e. The Morgan fingerprint density at radius 3 is 2.93 bits per heavy atom. The minimum atomic E-state index is 0.299. The molecule has 0 aromatic carbocycles. The third kappa shape index (κ3) is 4.82. The van der Waals surface area contributed by atoms with Crippen LogP contribution in [-0.4, -0.2) is 24.9 Å². The summed E-state index contributed by atoms with van der Waals surface area (Å²) in [5.41, 5.74) is 4.88. The summed E-state index contributed by atoms with van der Waals surface area (Å²) in [7, 11) is 0. The summed E-state index contributed by atoms with van der Waals surface area (Å²) in [5.74, 6) is 1.72. The molecule has 4 nitrogen and oxygen atoms in total. The first-order chi connectivity index (χ1) is 13.0. The number of allylic oxidation sites excluding steroid dienone is 3. The molecule has 0 amide bonds. The van der Waals surface area contributed by atoms with Crippen LogP contribution in [0.25, 0.3) is 11.3 Å². The van der Waals surface area contributed by atoms with Crippen LogP contribution in [0.5, 0.6) is 0 Å². The lowest BCUT2D eigenvalue weighted by molar-refractivity contribution is 0.134. The fourth-order valence-corrected chi connectivity index (χ4v) is 3.34. The molecular formula is C22H27ClN2O2.